The Kier molecular flexibility index (Phi) is 2.87. The molecule has 7 nitrogen and oxygen atoms in total. The van der Waals surface area contributed by atoms with Crippen molar-refractivity contribution in [1.29, 1.82) is 0 Å². The molecule has 0 bridgehead atoms. The third-order valence-electron chi connectivity index (χ3n) is 1.33. The maximum atomic E-state index is 11.1. The third-order valence-corrected chi connectivity index (χ3v) is 2.05. The van der Waals surface area contributed by atoms with Gasteiger partial charge in [-0.3, -0.25) is 0 Å². The highest BCUT2D eigenvalue weighted by atomic mass is 32.2. The lowest BCUT2D eigenvalue weighted by Gasteiger charge is -1.96. The fourth-order valence-electron chi connectivity index (χ4n) is 0.764. The molecule has 0 saturated heterocycles. The number of hydrogen-bond donors (Lipinski definition) is 1. The normalized spacial score (nSPS) is 11.3. The monoisotopic (exact) mass is 219 g/mol. The van der Waals surface area contributed by atoms with Crippen molar-refractivity contribution in [2.24, 2.45) is 5.14 Å². The highest BCUT2D eigenvalue weighted by Crippen LogP contribution is 2.01. The van der Waals surface area contributed by atoms with Gasteiger partial charge in [-0.25, -0.2) is 9.93 Å². The van der Waals surface area contributed by atoms with Gasteiger partial charge in [0.2, 0.25) is 0 Å². The van der Waals surface area contributed by atoms with Crippen LogP contribution in [0.4, 0.5) is 0 Å². The van der Waals surface area contributed by atoms with Gasteiger partial charge in [0.05, 0.1) is 24.6 Å². The molecule has 0 aromatic carbocycles. The van der Waals surface area contributed by atoms with E-state index in [4.69, 9.17) is 5.14 Å². The lowest BCUT2D eigenvalue weighted by molar-refractivity contribution is 0.0526. The molecular weight excluding hydrogens is 210 g/mol. The summed E-state index contributed by atoms with van der Waals surface area (Å²) in [5.41, 5.74) is 0.0425. The molecule has 1 aromatic rings. The summed E-state index contributed by atoms with van der Waals surface area (Å²) in [5, 5.41) is 8.16. The van der Waals surface area contributed by atoms with E-state index in [1.165, 1.54) is 0 Å². The Morgan fingerprint density at radius 1 is 1.71 bits per heavy atom. The van der Waals surface area contributed by atoms with Crippen LogP contribution < -0.4 is 5.14 Å². The molecule has 0 unspecified atom stereocenters. The van der Waals surface area contributed by atoms with Crippen molar-refractivity contribution in [3.8, 4) is 0 Å². The second kappa shape index (κ2) is 3.76. The van der Waals surface area contributed by atoms with Gasteiger partial charge < -0.3 is 4.74 Å². The van der Waals surface area contributed by atoms with Crippen LogP contribution >= 0.6 is 0 Å². The highest BCUT2D eigenvalue weighted by molar-refractivity contribution is 7.87. The van der Waals surface area contributed by atoms with E-state index in [9.17, 15) is 13.2 Å². The Labute approximate surface area is 80.6 Å². The molecule has 0 fully saturated rings. The van der Waals surface area contributed by atoms with Crippen LogP contribution in [0.2, 0.25) is 0 Å². The molecule has 1 rings (SSSR count). The van der Waals surface area contributed by atoms with E-state index in [0.29, 0.717) is 4.09 Å². The molecule has 0 atom stereocenters. The van der Waals surface area contributed by atoms with Crippen LogP contribution in [-0.2, 0) is 14.9 Å². The summed E-state index contributed by atoms with van der Waals surface area (Å²) in [6, 6.07) is 0. The summed E-state index contributed by atoms with van der Waals surface area (Å²) in [6.45, 7) is 1.85. The Balaban J connectivity index is 2.94. The first kappa shape index (κ1) is 10.7. The lowest BCUT2D eigenvalue weighted by atomic mass is 10.4. The number of esters is 1. The Morgan fingerprint density at radius 2 is 2.36 bits per heavy atom. The van der Waals surface area contributed by atoms with Gasteiger partial charge in [-0.2, -0.15) is 17.6 Å². The molecular formula is C6H9N3O4S. The van der Waals surface area contributed by atoms with Gasteiger partial charge in [-0.15, -0.1) is 0 Å². The summed E-state index contributed by atoms with van der Waals surface area (Å²) in [6.07, 6.45) is 2.07. The molecule has 14 heavy (non-hydrogen) atoms. The van der Waals surface area contributed by atoms with Crippen LogP contribution in [0, 0.1) is 0 Å². The maximum absolute atomic E-state index is 11.1. The number of nitrogens with two attached hydrogens (primary N) is 1. The molecule has 0 saturated carbocycles. The Hall–Kier alpha value is -1.41. The number of rotatable bonds is 3. The minimum absolute atomic E-state index is 0.0425. The average molecular weight is 219 g/mol. The van der Waals surface area contributed by atoms with Crippen LogP contribution in [0.1, 0.15) is 17.3 Å². The smallest absolute Gasteiger partial charge is 0.341 e. The van der Waals surface area contributed by atoms with Gasteiger partial charge in [0, 0.05) is 0 Å². The third kappa shape index (κ3) is 2.30. The SMILES string of the molecule is CCOC(=O)c1cnn(S(N)(=O)=O)c1. The van der Waals surface area contributed by atoms with Gasteiger partial charge >= 0.3 is 16.2 Å². The van der Waals surface area contributed by atoms with Crippen LogP contribution in [0.5, 0.6) is 0 Å². The van der Waals surface area contributed by atoms with E-state index in [2.05, 4.69) is 9.84 Å². The predicted octanol–water partition coefficient (Wildman–Crippen LogP) is -0.889. The Morgan fingerprint density at radius 3 is 2.79 bits per heavy atom. The molecule has 0 aliphatic rings. The van der Waals surface area contributed by atoms with Gasteiger partial charge in [0.15, 0.2) is 0 Å². The van der Waals surface area contributed by atoms with E-state index in [1.54, 1.807) is 6.92 Å². The van der Waals surface area contributed by atoms with Crippen molar-refractivity contribution in [2.45, 2.75) is 6.92 Å². The number of carbonyl (C=O) groups excluding carboxylic acids is 1. The van der Waals surface area contributed by atoms with Gasteiger partial charge in [0.1, 0.15) is 0 Å². The average Bonchev–Trinajstić information content (AvgIpc) is 2.51. The van der Waals surface area contributed by atoms with Crippen LogP contribution in [-0.4, -0.2) is 30.2 Å². The number of carbonyl (C=O) groups is 1. The fraction of sp³-hybridized carbons (Fsp3) is 0.333. The van der Waals surface area contributed by atoms with E-state index in [-0.39, 0.29) is 12.2 Å². The number of aromatic nitrogens is 2. The first-order chi connectivity index (χ1) is 6.45. The first-order valence-electron chi connectivity index (χ1n) is 3.70. The zero-order chi connectivity index (χ0) is 10.8. The fourth-order valence-corrected chi connectivity index (χ4v) is 1.20. The molecule has 1 aromatic heterocycles. The first-order valence-corrected chi connectivity index (χ1v) is 5.20. The molecule has 0 aliphatic carbocycles. The second-order valence-electron chi connectivity index (χ2n) is 2.37. The van der Waals surface area contributed by atoms with Crippen molar-refractivity contribution in [3.63, 3.8) is 0 Å². The number of hydrogen-bond acceptors (Lipinski definition) is 5. The van der Waals surface area contributed by atoms with Crippen molar-refractivity contribution in [2.75, 3.05) is 6.61 Å². The summed E-state index contributed by atoms with van der Waals surface area (Å²) in [4.78, 5) is 11.1. The van der Waals surface area contributed by atoms with Gasteiger partial charge in [-0.1, -0.05) is 0 Å². The van der Waals surface area contributed by atoms with E-state index in [0.717, 1.165) is 12.4 Å². The highest BCUT2D eigenvalue weighted by Gasteiger charge is 2.13. The molecule has 0 amide bonds. The van der Waals surface area contributed by atoms with Crippen molar-refractivity contribution in [1.82, 2.24) is 9.19 Å². The minimum Gasteiger partial charge on any atom is -0.462 e. The topological polar surface area (TPSA) is 104 Å². The van der Waals surface area contributed by atoms with Crippen molar-refractivity contribution >= 4 is 16.2 Å². The molecule has 0 aliphatic heterocycles. The standard InChI is InChI=1S/C6H9N3O4S/c1-2-13-6(10)5-3-8-9(4-5)14(7,11)12/h3-4H,2H2,1H3,(H2,7,11,12). The number of nitrogens with zero attached hydrogens (tertiary/aromatic N) is 2. The molecule has 1 heterocycles. The lowest BCUT2D eigenvalue weighted by Crippen LogP contribution is -2.22. The summed E-state index contributed by atoms with van der Waals surface area (Å²) >= 11 is 0. The molecule has 8 heteroatoms. The van der Waals surface area contributed by atoms with E-state index in [1.807, 2.05) is 0 Å². The molecule has 2 N–H and O–H groups in total. The van der Waals surface area contributed by atoms with Gasteiger partial charge in [0.25, 0.3) is 0 Å². The van der Waals surface area contributed by atoms with Crippen LogP contribution in [0.3, 0.4) is 0 Å². The van der Waals surface area contributed by atoms with Crippen LogP contribution in [0.25, 0.3) is 0 Å². The number of ether oxygens (including phenoxy) is 1. The van der Waals surface area contributed by atoms with Gasteiger partial charge in [-0.05, 0) is 6.92 Å². The van der Waals surface area contributed by atoms with Crippen molar-refractivity contribution in [3.05, 3.63) is 18.0 Å². The van der Waals surface area contributed by atoms with Crippen LogP contribution in [0.15, 0.2) is 12.4 Å². The molecule has 0 radical (unpaired) electrons. The summed E-state index contributed by atoms with van der Waals surface area (Å²) < 4.78 is 26.6. The summed E-state index contributed by atoms with van der Waals surface area (Å²) in [5.74, 6) is -0.637. The quantitative estimate of drug-likeness (QED) is 0.664. The minimum atomic E-state index is -3.93. The van der Waals surface area contributed by atoms with E-state index >= 15 is 0 Å². The molecule has 0 spiro atoms. The zero-order valence-corrected chi connectivity index (χ0v) is 8.19. The van der Waals surface area contributed by atoms with E-state index < -0.39 is 16.2 Å². The van der Waals surface area contributed by atoms with Crippen molar-refractivity contribution < 1.29 is 17.9 Å². The maximum Gasteiger partial charge on any atom is 0.341 e. The second-order valence-corrected chi connectivity index (χ2v) is 3.77. The molecule has 78 valence electrons. The predicted molar refractivity (Wildman–Crippen MR) is 46.7 cm³/mol. The zero-order valence-electron chi connectivity index (χ0n) is 7.37. The summed E-state index contributed by atoms with van der Waals surface area (Å²) in [7, 11) is -3.93. The largest absolute Gasteiger partial charge is 0.462 e. The Bertz CT molecular complexity index is 436.